The van der Waals surface area contributed by atoms with Crippen molar-refractivity contribution < 1.29 is 9.84 Å². The van der Waals surface area contributed by atoms with Crippen LogP contribution in [0.4, 0.5) is 5.69 Å². The average Bonchev–Trinajstić information content (AvgIpc) is 2.45. The van der Waals surface area contributed by atoms with Crippen molar-refractivity contribution in [2.75, 3.05) is 18.5 Å². The van der Waals surface area contributed by atoms with Gasteiger partial charge in [-0.3, -0.25) is 0 Å². The lowest BCUT2D eigenvalue weighted by Crippen LogP contribution is -2.67. The predicted molar refractivity (Wildman–Crippen MR) is 76.2 cm³/mol. The van der Waals surface area contributed by atoms with Gasteiger partial charge in [0.15, 0.2) is 0 Å². The van der Waals surface area contributed by atoms with Crippen molar-refractivity contribution in [3.8, 4) is 6.07 Å². The second kappa shape index (κ2) is 5.39. The van der Waals surface area contributed by atoms with Crippen LogP contribution >= 0.6 is 0 Å². The molecule has 0 amide bonds. The van der Waals surface area contributed by atoms with Crippen LogP contribution in [0.2, 0.25) is 0 Å². The first kappa shape index (κ1) is 14.8. The number of aromatic nitrogens is 1. The molecule has 20 heavy (non-hydrogen) atoms. The number of ether oxygens (including phenoxy) is 1. The van der Waals surface area contributed by atoms with Crippen molar-refractivity contribution in [3.63, 3.8) is 0 Å². The van der Waals surface area contributed by atoms with E-state index in [1.807, 2.05) is 26.8 Å². The largest absolute Gasteiger partial charge is 0.387 e. The molecule has 5 heteroatoms. The Morgan fingerprint density at radius 2 is 2.30 bits per heavy atom. The fourth-order valence-corrected chi connectivity index (χ4v) is 2.57. The maximum Gasteiger partial charge on any atom is 0.140 e. The summed E-state index contributed by atoms with van der Waals surface area (Å²) in [5, 5.41) is 22.6. The van der Waals surface area contributed by atoms with Crippen LogP contribution in [-0.4, -0.2) is 34.9 Å². The Labute approximate surface area is 119 Å². The van der Waals surface area contributed by atoms with Crippen LogP contribution in [0, 0.1) is 16.7 Å². The van der Waals surface area contributed by atoms with E-state index in [2.05, 4.69) is 10.3 Å². The van der Waals surface area contributed by atoms with Crippen LogP contribution in [0.3, 0.4) is 0 Å². The van der Waals surface area contributed by atoms with E-state index in [1.165, 1.54) is 0 Å². The summed E-state index contributed by atoms with van der Waals surface area (Å²) < 4.78 is 5.63. The molecule has 0 unspecified atom stereocenters. The molecule has 1 saturated carbocycles. The minimum absolute atomic E-state index is 0.0957. The van der Waals surface area contributed by atoms with Gasteiger partial charge in [-0.1, -0.05) is 13.8 Å². The zero-order chi connectivity index (χ0) is 14.8. The van der Waals surface area contributed by atoms with Crippen LogP contribution in [0.1, 0.15) is 32.9 Å². The molecule has 1 aromatic rings. The number of hydrogen-bond acceptors (Lipinski definition) is 5. The van der Waals surface area contributed by atoms with Gasteiger partial charge in [-0.2, -0.15) is 5.26 Å². The fourth-order valence-electron chi connectivity index (χ4n) is 2.57. The van der Waals surface area contributed by atoms with Gasteiger partial charge in [0.05, 0.1) is 23.6 Å². The monoisotopic (exact) mass is 275 g/mol. The molecule has 2 N–H and O–H groups in total. The highest BCUT2D eigenvalue weighted by atomic mass is 16.5. The molecule has 2 atom stereocenters. The van der Waals surface area contributed by atoms with Gasteiger partial charge in [0.25, 0.3) is 0 Å². The molecule has 1 aliphatic rings. The van der Waals surface area contributed by atoms with E-state index in [0.717, 1.165) is 5.69 Å². The molecule has 1 fully saturated rings. The number of nitriles is 1. The van der Waals surface area contributed by atoms with Crippen LogP contribution in [-0.2, 0) is 4.74 Å². The third-order valence-electron chi connectivity index (χ3n) is 4.36. The van der Waals surface area contributed by atoms with E-state index in [4.69, 9.17) is 10.00 Å². The van der Waals surface area contributed by atoms with Gasteiger partial charge in [0.1, 0.15) is 11.8 Å². The lowest BCUT2D eigenvalue weighted by atomic mass is 9.56. The Bertz CT molecular complexity index is 507. The Morgan fingerprint density at radius 3 is 2.80 bits per heavy atom. The van der Waals surface area contributed by atoms with Crippen LogP contribution < -0.4 is 5.32 Å². The molecule has 108 valence electrons. The summed E-state index contributed by atoms with van der Waals surface area (Å²) in [5.74, 6) is 0. The smallest absolute Gasteiger partial charge is 0.140 e. The molecular weight excluding hydrogens is 254 g/mol. The summed E-state index contributed by atoms with van der Waals surface area (Å²) in [5.41, 5.74) is 0.110. The van der Waals surface area contributed by atoms with Gasteiger partial charge >= 0.3 is 0 Å². The van der Waals surface area contributed by atoms with Gasteiger partial charge in [-0.05, 0) is 19.1 Å². The maximum absolute atomic E-state index is 10.7. The minimum atomic E-state index is -0.791. The molecule has 0 saturated heterocycles. The van der Waals surface area contributed by atoms with Crippen molar-refractivity contribution in [1.29, 1.82) is 5.26 Å². The number of hydrogen-bond donors (Lipinski definition) is 2. The summed E-state index contributed by atoms with van der Waals surface area (Å²) in [7, 11) is 0. The minimum Gasteiger partial charge on any atom is -0.387 e. The lowest BCUT2D eigenvalue weighted by molar-refractivity contribution is -0.233. The van der Waals surface area contributed by atoms with E-state index in [9.17, 15) is 5.11 Å². The Balaban J connectivity index is 1.95. The molecule has 1 aromatic heterocycles. The molecule has 2 rings (SSSR count). The normalized spacial score (nSPS) is 27.4. The van der Waals surface area contributed by atoms with Crippen molar-refractivity contribution in [1.82, 2.24) is 4.98 Å². The molecule has 0 aliphatic heterocycles. The molecule has 1 aliphatic carbocycles. The maximum atomic E-state index is 10.7. The first-order chi connectivity index (χ1) is 9.43. The third kappa shape index (κ3) is 2.49. The number of anilines is 1. The van der Waals surface area contributed by atoms with Gasteiger partial charge in [0.2, 0.25) is 0 Å². The predicted octanol–water partition coefficient (Wildman–Crippen LogP) is 1.93. The first-order valence-corrected chi connectivity index (χ1v) is 6.87. The highest BCUT2D eigenvalue weighted by Gasteiger charge is 2.59. The van der Waals surface area contributed by atoms with Gasteiger partial charge < -0.3 is 15.2 Å². The van der Waals surface area contributed by atoms with Gasteiger partial charge in [-0.15, -0.1) is 0 Å². The van der Waals surface area contributed by atoms with Crippen LogP contribution in [0.15, 0.2) is 18.3 Å². The van der Waals surface area contributed by atoms with Gasteiger partial charge in [-0.25, -0.2) is 4.98 Å². The van der Waals surface area contributed by atoms with Crippen molar-refractivity contribution >= 4 is 5.69 Å². The molecule has 0 radical (unpaired) electrons. The van der Waals surface area contributed by atoms with Crippen LogP contribution in [0.5, 0.6) is 0 Å². The first-order valence-electron chi connectivity index (χ1n) is 6.87. The van der Waals surface area contributed by atoms with E-state index in [0.29, 0.717) is 25.3 Å². The summed E-state index contributed by atoms with van der Waals surface area (Å²) >= 11 is 0. The lowest BCUT2D eigenvalue weighted by Gasteiger charge is -2.58. The fraction of sp³-hybridized carbons (Fsp3) is 0.600. The number of aliphatic hydroxyl groups is 1. The van der Waals surface area contributed by atoms with Crippen molar-refractivity contribution in [2.45, 2.75) is 38.9 Å². The number of pyridine rings is 1. The SMILES string of the molecule is CCO[C@@H]1C[C@@](O)(CNc2ccc(C#N)nc2)C1(C)C. The molecular formula is C15H21N3O2. The highest BCUT2D eigenvalue weighted by molar-refractivity contribution is 5.43. The summed E-state index contributed by atoms with van der Waals surface area (Å²) in [6.07, 6.45) is 2.33. The van der Waals surface area contributed by atoms with E-state index in [1.54, 1.807) is 18.3 Å². The molecule has 1 heterocycles. The zero-order valence-corrected chi connectivity index (χ0v) is 12.2. The van der Waals surface area contributed by atoms with E-state index >= 15 is 0 Å². The second-order valence-electron chi connectivity index (χ2n) is 5.80. The Hall–Kier alpha value is -1.64. The summed E-state index contributed by atoms with van der Waals surface area (Å²) in [6.45, 7) is 7.12. The Kier molecular flexibility index (Phi) is 3.98. The quantitative estimate of drug-likeness (QED) is 0.858. The molecule has 0 spiro atoms. The topological polar surface area (TPSA) is 78.2 Å². The van der Waals surface area contributed by atoms with Gasteiger partial charge in [0, 0.05) is 25.0 Å². The number of rotatable bonds is 5. The molecule has 5 nitrogen and oxygen atoms in total. The summed E-state index contributed by atoms with van der Waals surface area (Å²) in [6, 6.07) is 5.42. The second-order valence-corrected chi connectivity index (χ2v) is 5.80. The standard InChI is InChI=1S/C15H21N3O2/c1-4-20-13-7-15(19,14(13,2)3)10-18-12-6-5-11(8-16)17-9-12/h5-6,9,13,18-19H,4,7,10H2,1-3H3/t13-,15-/m1/s1. The number of nitrogens with one attached hydrogen (secondary N) is 1. The van der Waals surface area contributed by atoms with Crippen LogP contribution in [0.25, 0.3) is 0 Å². The van der Waals surface area contributed by atoms with E-state index in [-0.39, 0.29) is 11.5 Å². The average molecular weight is 275 g/mol. The highest BCUT2D eigenvalue weighted by Crippen LogP contribution is 2.51. The third-order valence-corrected chi connectivity index (χ3v) is 4.36. The number of nitrogens with zero attached hydrogens (tertiary/aromatic N) is 2. The van der Waals surface area contributed by atoms with Crippen molar-refractivity contribution in [2.24, 2.45) is 5.41 Å². The molecule has 0 bridgehead atoms. The van der Waals surface area contributed by atoms with Crippen molar-refractivity contribution in [3.05, 3.63) is 24.0 Å². The molecule has 0 aromatic carbocycles. The van der Waals surface area contributed by atoms with E-state index < -0.39 is 5.60 Å². The Morgan fingerprint density at radius 1 is 1.55 bits per heavy atom. The summed E-state index contributed by atoms with van der Waals surface area (Å²) in [4.78, 5) is 3.99. The zero-order valence-electron chi connectivity index (χ0n) is 12.2.